The van der Waals surface area contributed by atoms with Gasteiger partial charge >= 0.3 is 0 Å². The largest absolute Gasteiger partial charge is 0.342 e. The first-order valence-corrected chi connectivity index (χ1v) is 7.13. The maximum absolute atomic E-state index is 12.6. The fourth-order valence-corrected chi connectivity index (χ4v) is 3.59. The van der Waals surface area contributed by atoms with Crippen molar-refractivity contribution >= 4 is 5.91 Å². The number of hydrogen-bond donors (Lipinski definition) is 1. The van der Waals surface area contributed by atoms with Crippen LogP contribution in [0.5, 0.6) is 0 Å². The predicted octanol–water partition coefficient (Wildman–Crippen LogP) is 2.15. The topological polar surface area (TPSA) is 46.3 Å². The normalized spacial score (nSPS) is 34.9. The van der Waals surface area contributed by atoms with Crippen LogP contribution in [-0.4, -0.2) is 29.9 Å². The molecule has 3 heteroatoms. The van der Waals surface area contributed by atoms with Gasteiger partial charge in [0, 0.05) is 19.1 Å². The maximum atomic E-state index is 12.6. The molecule has 0 saturated heterocycles. The number of nitrogens with two attached hydrogens (primary N) is 1. The van der Waals surface area contributed by atoms with E-state index in [9.17, 15) is 4.79 Å². The lowest BCUT2D eigenvalue weighted by Gasteiger charge is -2.37. The summed E-state index contributed by atoms with van der Waals surface area (Å²) in [5.74, 6) is 0.820. The summed E-state index contributed by atoms with van der Waals surface area (Å²) in [5, 5.41) is 0. The third kappa shape index (κ3) is 2.65. The van der Waals surface area contributed by atoms with Crippen LogP contribution in [0, 0.1) is 11.8 Å². The Hall–Kier alpha value is -0.570. The van der Waals surface area contributed by atoms with Crippen molar-refractivity contribution in [3.8, 4) is 0 Å². The van der Waals surface area contributed by atoms with Gasteiger partial charge in [-0.25, -0.2) is 0 Å². The Labute approximate surface area is 105 Å². The van der Waals surface area contributed by atoms with Crippen LogP contribution >= 0.6 is 0 Å². The zero-order chi connectivity index (χ0) is 12.4. The molecular weight excluding hydrogens is 212 g/mol. The molecule has 2 rings (SSSR count). The van der Waals surface area contributed by atoms with Crippen molar-refractivity contribution in [1.29, 1.82) is 0 Å². The molecule has 3 atom stereocenters. The second-order valence-electron chi connectivity index (χ2n) is 5.99. The first kappa shape index (κ1) is 12.9. The van der Waals surface area contributed by atoms with E-state index in [0.717, 1.165) is 12.8 Å². The van der Waals surface area contributed by atoms with E-state index in [1.807, 2.05) is 11.9 Å². The van der Waals surface area contributed by atoms with E-state index in [2.05, 4.69) is 6.92 Å². The van der Waals surface area contributed by atoms with Gasteiger partial charge in [0.1, 0.15) is 0 Å². The Morgan fingerprint density at radius 1 is 1.12 bits per heavy atom. The molecular formula is C14H26N2O. The van der Waals surface area contributed by atoms with E-state index in [4.69, 9.17) is 5.73 Å². The van der Waals surface area contributed by atoms with Crippen LogP contribution in [0.2, 0.25) is 0 Å². The first-order chi connectivity index (χ1) is 8.11. The van der Waals surface area contributed by atoms with E-state index >= 15 is 0 Å². The summed E-state index contributed by atoms with van der Waals surface area (Å²) in [6.07, 6.45) is 8.25. The molecule has 2 N–H and O–H groups in total. The molecule has 2 saturated carbocycles. The first-order valence-electron chi connectivity index (χ1n) is 7.13. The van der Waals surface area contributed by atoms with Crippen molar-refractivity contribution < 1.29 is 4.79 Å². The molecule has 17 heavy (non-hydrogen) atoms. The van der Waals surface area contributed by atoms with Gasteiger partial charge in [-0.15, -0.1) is 0 Å². The van der Waals surface area contributed by atoms with Gasteiger partial charge in [0.15, 0.2) is 0 Å². The molecule has 98 valence electrons. The van der Waals surface area contributed by atoms with Gasteiger partial charge in [0.2, 0.25) is 5.91 Å². The van der Waals surface area contributed by atoms with Gasteiger partial charge in [-0.2, -0.15) is 0 Å². The van der Waals surface area contributed by atoms with Crippen molar-refractivity contribution in [3.05, 3.63) is 0 Å². The van der Waals surface area contributed by atoms with Gasteiger partial charge in [-0.1, -0.05) is 26.2 Å². The molecule has 0 spiro atoms. The molecule has 0 radical (unpaired) electrons. The van der Waals surface area contributed by atoms with Crippen molar-refractivity contribution in [3.63, 3.8) is 0 Å². The predicted molar refractivity (Wildman–Crippen MR) is 69.5 cm³/mol. The van der Waals surface area contributed by atoms with E-state index in [1.54, 1.807) is 0 Å². The molecule has 0 heterocycles. The molecule has 2 aliphatic rings. The van der Waals surface area contributed by atoms with Crippen LogP contribution in [0.15, 0.2) is 0 Å². The molecule has 3 unspecified atom stereocenters. The fourth-order valence-electron chi connectivity index (χ4n) is 3.59. The molecule has 1 amide bonds. The third-order valence-corrected chi connectivity index (χ3v) is 4.78. The lowest BCUT2D eigenvalue weighted by molar-refractivity contribution is -0.139. The van der Waals surface area contributed by atoms with Crippen molar-refractivity contribution in [2.75, 3.05) is 7.05 Å². The summed E-state index contributed by atoms with van der Waals surface area (Å²) in [4.78, 5) is 14.6. The summed E-state index contributed by atoms with van der Waals surface area (Å²) in [6.45, 7) is 2.18. The zero-order valence-corrected chi connectivity index (χ0v) is 11.2. The summed E-state index contributed by atoms with van der Waals surface area (Å²) in [5.41, 5.74) is 6.16. The van der Waals surface area contributed by atoms with E-state index in [0.29, 0.717) is 17.9 Å². The Morgan fingerprint density at radius 3 is 2.35 bits per heavy atom. The van der Waals surface area contributed by atoms with Gasteiger partial charge in [0.25, 0.3) is 0 Å². The molecule has 0 aromatic heterocycles. The van der Waals surface area contributed by atoms with Crippen molar-refractivity contribution in [2.45, 2.75) is 64.0 Å². The minimum atomic E-state index is 0.0642. The summed E-state index contributed by atoms with van der Waals surface area (Å²) < 4.78 is 0. The highest BCUT2D eigenvalue weighted by atomic mass is 16.2. The Balaban J connectivity index is 2.01. The number of carbonyl (C=O) groups is 1. The number of nitrogens with zero attached hydrogens (tertiary/aromatic N) is 1. The number of hydrogen-bond acceptors (Lipinski definition) is 2. The summed E-state index contributed by atoms with van der Waals surface area (Å²) >= 11 is 0. The van der Waals surface area contributed by atoms with E-state index < -0.39 is 0 Å². The summed E-state index contributed by atoms with van der Waals surface area (Å²) in [6, 6.07) is 0.555. The molecule has 3 nitrogen and oxygen atoms in total. The van der Waals surface area contributed by atoms with Crippen LogP contribution < -0.4 is 5.73 Å². The number of rotatable bonds is 2. The SMILES string of the molecule is CC1CCCC(N)C1C(=O)N(C)C1CCCC1. The Morgan fingerprint density at radius 2 is 1.76 bits per heavy atom. The number of amides is 1. The third-order valence-electron chi connectivity index (χ3n) is 4.78. The Bertz CT molecular complexity index is 263. The van der Waals surface area contributed by atoms with Gasteiger partial charge in [-0.05, 0) is 31.6 Å². The maximum Gasteiger partial charge on any atom is 0.227 e. The smallest absolute Gasteiger partial charge is 0.227 e. The highest BCUT2D eigenvalue weighted by molar-refractivity contribution is 5.80. The van der Waals surface area contributed by atoms with Crippen LogP contribution in [0.4, 0.5) is 0 Å². The van der Waals surface area contributed by atoms with E-state index in [1.165, 1.54) is 32.1 Å². The number of carbonyl (C=O) groups excluding carboxylic acids is 1. The second kappa shape index (κ2) is 5.38. The standard InChI is InChI=1S/C14H26N2O/c1-10-6-5-9-12(15)13(10)14(17)16(2)11-7-3-4-8-11/h10-13H,3-9,15H2,1-2H3. The molecule has 2 fully saturated rings. The van der Waals surface area contributed by atoms with Crippen molar-refractivity contribution in [1.82, 2.24) is 4.90 Å². The van der Waals surface area contributed by atoms with E-state index in [-0.39, 0.29) is 12.0 Å². The van der Waals surface area contributed by atoms with Crippen LogP contribution in [0.1, 0.15) is 51.9 Å². The quantitative estimate of drug-likeness (QED) is 0.801. The monoisotopic (exact) mass is 238 g/mol. The van der Waals surface area contributed by atoms with Gasteiger partial charge in [0.05, 0.1) is 5.92 Å². The average Bonchev–Trinajstić information content (AvgIpc) is 2.81. The van der Waals surface area contributed by atoms with Gasteiger partial charge in [-0.3, -0.25) is 4.79 Å². The minimum Gasteiger partial charge on any atom is -0.342 e. The minimum absolute atomic E-state index is 0.0642. The van der Waals surface area contributed by atoms with Crippen LogP contribution in [0.3, 0.4) is 0 Å². The highest BCUT2D eigenvalue weighted by Crippen LogP contribution is 2.32. The highest BCUT2D eigenvalue weighted by Gasteiger charge is 2.37. The molecule has 0 aromatic carbocycles. The fraction of sp³-hybridized carbons (Fsp3) is 0.929. The van der Waals surface area contributed by atoms with Crippen molar-refractivity contribution in [2.24, 2.45) is 17.6 Å². The average molecular weight is 238 g/mol. The summed E-state index contributed by atoms with van der Waals surface area (Å²) in [7, 11) is 1.98. The molecule has 0 aromatic rings. The lowest BCUT2D eigenvalue weighted by Crippen LogP contribution is -2.50. The van der Waals surface area contributed by atoms with Gasteiger partial charge < -0.3 is 10.6 Å². The Kier molecular flexibility index (Phi) is 4.08. The molecule has 2 aliphatic carbocycles. The zero-order valence-electron chi connectivity index (χ0n) is 11.2. The lowest BCUT2D eigenvalue weighted by atomic mass is 9.76. The van der Waals surface area contributed by atoms with Crippen LogP contribution in [-0.2, 0) is 4.79 Å². The molecule has 0 bridgehead atoms. The van der Waals surface area contributed by atoms with Crippen LogP contribution in [0.25, 0.3) is 0 Å². The second-order valence-corrected chi connectivity index (χ2v) is 5.99. The molecule has 0 aliphatic heterocycles.